The summed E-state index contributed by atoms with van der Waals surface area (Å²) >= 11 is 0. The van der Waals surface area contributed by atoms with Gasteiger partial charge in [0.15, 0.2) is 0 Å². The van der Waals surface area contributed by atoms with E-state index in [0.29, 0.717) is 6.54 Å². The number of rotatable bonds is 3. The zero-order chi connectivity index (χ0) is 17.4. The second kappa shape index (κ2) is 6.03. The molecule has 0 N–H and O–H groups in total. The van der Waals surface area contributed by atoms with Crippen molar-refractivity contribution >= 4 is 23.4 Å². The van der Waals surface area contributed by atoms with Gasteiger partial charge in [-0.1, -0.05) is 0 Å². The second-order valence-electron chi connectivity index (χ2n) is 6.12. The Kier molecular flexibility index (Phi) is 4.04. The number of nitro benzene ring substituents is 1. The predicted octanol–water partition coefficient (Wildman–Crippen LogP) is 1.59. The van der Waals surface area contributed by atoms with Gasteiger partial charge in [-0.3, -0.25) is 29.4 Å². The molecule has 2 aliphatic rings. The van der Waals surface area contributed by atoms with Crippen LogP contribution in [-0.4, -0.2) is 51.6 Å². The summed E-state index contributed by atoms with van der Waals surface area (Å²) < 4.78 is 0. The van der Waals surface area contributed by atoms with Crippen LogP contribution in [0.2, 0.25) is 0 Å². The summed E-state index contributed by atoms with van der Waals surface area (Å²) in [6.45, 7) is 2.24. The van der Waals surface area contributed by atoms with Gasteiger partial charge in [-0.2, -0.15) is 0 Å². The van der Waals surface area contributed by atoms with Gasteiger partial charge in [0.25, 0.3) is 17.5 Å². The first kappa shape index (κ1) is 16.1. The van der Waals surface area contributed by atoms with Crippen LogP contribution in [-0.2, 0) is 4.79 Å². The first-order chi connectivity index (χ1) is 11.4. The molecule has 0 aromatic heterocycles. The molecule has 8 nitrogen and oxygen atoms in total. The summed E-state index contributed by atoms with van der Waals surface area (Å²) in [5, 5.41) is 10.8. The van der Waals surface area contributed by atoms with E-state index in [0.717, 1.165) is 30.2 Å². The Morgan fingerprint density at radius 1 is 1.25 bits per heavy atom. The van der Waals surface area contributed by atoms with E-state index < -0.39 is 16.7 Å². The Morgan fingerprint density at radius 3 is 2.62 bits per heavy atom. The van der Waals surface area contributed by atoms with E-state index in [1.165, 1.54) is 12.1 Å². The molecule has 8 heteroatoms. The van der Waals surface area contributed by atoms with Crippen molar-refractivity contribution in [1.82, 2.24) is 9.80 Å². The van der Waals surface area contributed by atoms with Gasteiger partial charge in [-0.25, -0.2) is 0 Å². The van der Waals surface area contributed by atoms with E-state index >= 15 is 0 Å². The highest BCUT2D eigenvalue weighted by Crippen LogP contribution is 2.27. The lowest BCUT2D eigenvalue weighted by Crippen LogP contribution is -2.48. The van der Waals surface area contributed by atoms with Crippen molar-refractivity contribution in [1.29, 1.82) is 0 Å². The third kappa shape index (κ3) is 2.64. The summed E-state index contributed by atoms with van der Waals surface area (Å²) in [6.07, 6.45) is 2.87. The van der Waals surface area contributed by atoms with Crippen molar-refractivity contribution in [2.24, 2.45) is 0 Å². The van der Waals surface area contributed by atoms with Gasteiger partial charge in [-0.15, -0.1) is 0 Å². The van der Waals surface area contributed by atoms with Crippen LogP contribution in [0, 0.1) is 10.1 Å². The molecule has 2 aliphatic heterocycles. The van der Waals surface area contributed by atoms with Gasteiger partial charge in [0.2, 0.25) is 5.91 Å². The number of carbonyl (C=O) groups excluding carboxylic acids is 3. The lowest BCUT2D eigenvalue weighted by atomic mass is 10.0. The lowest BCUT2D eigenvalue weighted by molar-refractivity contribution is -0.384. The molecule has 3 amide bonds. The Labute approximate surface area is 138 Å². The molecule has 1 aromatic carbocycles. The fourth-order valence-corrected chi connectivity index (χ4v) is 3.23. The van der Waals surface area contributed by atoms with E-state index in [-0.39, 0.29) is 35.3 Å². The van der Waals surface area contributed by atoms with Crippen LogP contribution in [0.25, 0.3) is 0 Å². The number of non-ortho nitro benzene ring substituents is 1. The summed E-state index contributed by atoms with van der Waals surface area (Å²) in [7, 11) is 0. The van der Waals surface area contributed by atoms with Crippen molar-refractivity contribution < 1.29 is 19.3 Å². The maximum absolute atomic E-state index is 12.5. The van der Waals surface area contributed by atoms with Crippen molar-refractivity contribution in [2.75, 3.05) is 13.1 Å². The topological polar surface area (TPSA) is 101 Å². The molecule has 0 bridgehead atoms. The number of piperidine rings is 1. The molecule has 1 unspecified atom stereocenters. The predicted molar refractivity (Wildman–Crippen MR) is 83.5 cm³/mol. The first-order valence-electron chi connectivity index (χ1n) is 7.84. The Morgan fingerprint density at radius 2 is 1.96 bits per heavy atom. The van der Waals surface area contributed by atoms with E-state index in [1.807, 2.05) is 6.92 Å². The number of hydrogen-bond acceptors (Lipinski definition) is 5. The second-order valence-corrected chi connectivity index (χ2v) is 6.12. The summed E-state index contributed by atoms with van der Waals surface area (Å²) in [5.41, 5.74) is -0.175. The number of hydrogen-bond donors (Lipinski definition) is 0. The Hall–Kier alpha value is -2.77. The third-order valence-electron chi connectivity index (χ3n) is 4.58. The highest BCUT2D eigenvalue weighted by molar-refractivity contribution is 6.22. The quantitative estimate of drug-likeness (QED) is 0.475. The van der Waals surface area contributed by atoms with Gasteiger partial charge in [-0.05, 0) is 32.3 Å². The maximum atomic E-state index is 12.5. The number of nitrogens with zero attached hydrogens (tertiary/aromatic N) is 3. The fourth-order valence-electron chi connectivity index (χ4n) is 3.23. The summed E-state index contributed by atoms with van der Waals surface area (Å²) in [5.74, 6) is -1.51. The van der Waals surface area contributed by atoms with Crippen molar-refractivity contribution in [3.63, 3.8) is 0 Å². The number of amides is 3. The zero-order valence-corrected chi connectivity index (χ0v) is 13.2. The molecule has 1 saturated heterocycles. The Balaban J connectivity index is 1.80. The molecule has 0 saturated carbocycles. The van der Waals surface area contributed by atoms with Gasteiger partial charge in [0.1, 0.15) is 6.54 Å². The normalized spacial score (nSPS) is 20.3. The highest BCUT2D eigenvalue weighted by atomic mass is 16.6. The molecule has 0 spiro atoms. The van der Waals surface area contributed by atoms with E-state index in [4.69, 9.17) is 0 Å². The molecule has 0 radical (unpaired) electrons. The molecule has 1 fully saturated rings. The number of imide groups is 1. The molecule has 3 rings (SSSR count). The van der Waals surface area contributed by atoms with E-state index in [9.17, 15) is 24.5 Å². The van der Waals surface area contributed by atoms with Crippen molar-refractivity contribution in [3.05, 3.63) is 39.4 Å². The molecule has 24 heavy (non-hydrogen) atoms. The first-order valence-corrected chi connectivity index (χ1v) is 7.84. The largest absolute Gasteiger partial charge is 0.338 e. The van der Waals surface area contributed by atoms with Crippen molar-refractivity contribution in [3.8, 4) is 0 Å². The van der Waals surface area contributed by atoms with Gasteiger partial charge >= 0.3 is 0 Å². The minimum Gasteiger partial charge on any atom is -0.338 e. The number of benzene rings is 1. The van der Waals surface area contributed by atoms with E-state index in [2.05, 4.69) is 0 Å². The molecular formula is C16H17N3O5. The molecule has 1 aromatic rings. The minimum atomic E-state index is -0.656. The standard InChI is InChI=1S/C16H17N3O5/c1-10-4-2-3-7-17(10)14(20)9-18-15(21)12-6-5-11(19(23)24)8-13(12)16(18)22/h5-6,8,10H,2-4,7,9H2,1H3. The SMILES string of the molecule is CC1CCCCN1C(=O)CN1C(=O)c2ccc([N+](=O)[O-])cc2C1=O. The summed E-state index contributed by atoms with van der Waals surface area (Å²) in [6, 6.07) is 3.62. The van der Waals surface area contributed by atoms with Crippen LogP contribution in [0.15, 0.2) is 18.2 Å². The summed E-state index contributed by atoms with van der Waals surface area (Å²) in [4.78, 5) is 50.0. The van der Waals surface area contributed by atoms with Crippen LogP contribution in [0.4, 0.5) is 5.69 Å². The third-order valence-corrected chi connectivity index (χ3v) is 4.58. The molecule has 2 heterocycles. The molecule has 126 valence electrons. The number of carbonyl (C=O) groups is 3. The lowest BCUT2D eigenvalue weighted by Gasteiger charge is -2.34. The molecule has 1 atom stereocenters. The highest BCUT2D eigenvalue weighted by Gasteiger charge is 2.39. The van der Waals surface area contributed by atoms with Crippen LogP contribution < -0.4 is 0 Å². The number of likely N-dealkylation sites (tertiary alicyclic amines) is 1. The average molecular weight is 331 g/mol. The van der Waals surface area contributed by atoms with Gasteiger partial charge in [0, 0.05) is 24.7 Å². The number of nitro groups is 1. The molecule has 0 aliphatic carbocycles. The minimum absolute atomic E-state index is 0.0197. The molecular weight excluding hydrogens is 314 g/mol. The van der Waals surface area contributed by atoms with Crippen LogP contribution in [0.1, 0.15) is 46.9 Å². The maximum Gasteiger partial charge on any atom is 0.270 e. The van der Waals surface area contributed by atoms with E-state index in [1.54, 1.807) is 4.90 Å². The fraction of sp³-hybridized carbons (Fsp3) is 0.438. The zero-order valence-electron chi connectivity index (χ0n) is 13.2. The monoisotopic (exact) mass is 331 g/mol. The van der Waals surface area contributed by atoms with Gasteiger partial charge < -0.3 is 4.90 Å². The van der Waals surface area contributed by atoms with Gasteiger partial charge in [0.05, 0.1) is 16.1 Å². The van der Waals surface area contributed by atoms with Crippen molar-refractivity contribution in [2.45, 2.75) is 32.2 Å². The smallest absolute Gasteiger partial charge is 0.270 e. The van der Waals surface area contributed by atoms with Crippen LogP contribution in [0.3, 0.4) is 0 Å². The van der Waals surface area contributed by atoms with Crippen LogP contribution in [0.5, 0.6) is 0 Å². The average Bonchev–Trinajstić information content (AvgIpc) is 2.79. The van der Waals surface area contributed by atoms with Crippen LogP contribution >= 0.6 is 0 Å². The number of fused-ring (bicyclic) bond motifs is 1. The Bertz CT molecular complexity index is 745.